The van der Waals surface area contributed by atoms with Crippen molar-refractivity contribution in [3.63, 3.8) is 0 Å². The molecule has 1 unspecified atom stereocenters. The van der Waals surface area contributed by atoms with E-state index in [4.69, 9.17) is 0 Å². The number of benzene rings is 2. The number of rotatable bonds is 5. The molecule has 2 aromatic carbocycles. The van der Waals surface area contributed by atoms with E-state index >= 15 is 0 Å². The van der Waals surface area contributed by atoms with E-state index in [0.717, 1.165) is 12.0 Å². The Bertz CT molecular complexity index is 548. The summed E-state index contributed by atoms with van der Waals surface area (Å²) < 4.78 is 13.8. The maximum Gasteiger partial charge on any atom is 0.127 e. The van der Waals surface area contributed by atoms with Crippen LogP contribution in [0.5, 0.6) is 0 Å². The molecule has 1 nitrogen and oxygen atoms in total. The molecule has 0 radical (unpaired) electrons. The fourth-order valence-electron chi connectivity index (χ4n) is 2.47. The minimum Gasteiger partial charge on any atom is -0.303 e. The summed E-state index contributed by atoms with van der Waals surface area (Å²) in [5.74, 6) is -0.147. The highest BCUT2D eigenvalue weighted by Gasteiger charge is 2.15. The van der Waals surface area contributed by atoms with Gasteiger partial charge in [-0.15, -0.1) is 0 Å². The van der Waals surface area contributed by atoms with Crippen LogP contribution in [0.15, 0.2) is 48.5 Å². The molecule has 0 saturated heterocycles. The van der Waals surface area contributed by atoms with Crippen LogP contribution in [-0.2, 0) is 0 Å². The molecular formula is C18H22FN. The fraction of sp³-hybridized carbons (Fsp3) is 0.333. The third kappa shape index (κ3) is 3.45. The van der Waals surface area contributed by atoms with Crippen molar-refractivity contribution < 1.29 is 4.39 Å². The Balaban J connectivity index is 2.14. The van der Waals surface area contributed by atoms with Gasteiger partial charge < -0.3 is 5.32 Å². The van der Waals surface area contributed by atoms with E-state index in [9.17, 15) is 4.39 Å². The molecule has 0 aromatic heterocycles. The van der Waals surface area contributed by atoms with Crippen LogP contribution in [0.2, 0.25) is 0 Å². The topological polar surface area (TPSA) is 12.0 Å². The van der Waals surface area contributed by atoms with Crippen LogP contribution in [0.3, 0.4) is 0 Å². The molecule has 2 rings (SSSR count). The van der Waals surface area contributed by atoms with Crippen molar-refractivity contribution >= 4 is 0 Å². The molecule has 2 heteroatoms. The van der Waals surface area contributed by atoms with Crippen molar-refractivity contribution in [2.24, 2.45) is 0 Å². The highest BCUT2D eigenvalue weighted by Crippen LogP contribution is 2.23. The average Bonchev–Trinajstić information content (AvgIpc) is 2.46. The van der Waals surface area contributed by atoms with Gasteiger partial charge in [-0.2, -0.15) is 0 Å². The maximum atomic E-state index is 13.8. The van der Waals surface area contributed by atoms with Crippen molar-refractivity contribution in [2.45, 2.75) is 39.3 Å². The number of hydrogen-bond acceptors (Lipinski definition) is 1. The van der Waals surface area contributed by atoms with E-state index in [0.29, 0.717) is 0 Å². The van der Waals surface area contributed by atoms with E-state index < -0.39 is 0 Å². The first-order valence-electron chi connectivity index (χ1n) is 7.19. The Morgan fingerprint density at radius 2 is 1.70 bits per heavy atom. The summed E-state index contributed by atoms with van der Waals surface area (Å²) in [5.41, 5.74) is 3.23. The molecule has 2 aromatic rings. The van der Waals surface area contributed by atoms with Gasteiger partial charge in [0.05, 0.1) is 0 Å². The third-order valence-corrected chi connectivity index (χ3v) is 3.71. The van der Waals surface area contributed by atoms with Crippen molar-refractivity contribution in [3.8, 4) is 0 Å². The van der Waals surface area contributed by atoms with Gasteiger partial charge in [0.15, 0.2) is 0 Å². The molecule has 0 spiro atoms. The van der Waals surface area contributed by atoms with E-state index in [-0.39, 0.29) is 17.9 Å². The zero-order valence-electron chi connectivity index (χ0n) is 12.4. The molecule has 0 heterocycles. The Kier molecular flexibility index (Phi) is 4.91. The minimum atomic E-state index is -0.147. The first-order chi connectivity index (χ1) is 9.61. The maximum absolute atomic E-state index is 13.8. The predicted octanol–water partition coefficient (Wildman–Crippen LogP) is 4.94. The Labute approximate surface area is 120 Å². The summed E-state index contributed by atoms with van der Waals surface area (Å²) in [6.07, 6.45) is 0.974. The normalized spacial score (nSPS) is 14.0. The summed E-state index contributed by atoms with van der Waals surface area (Å²) in [6.45, 7) is 6.24. The van der Waals surface area contributed by atoms with Gasteiger partial charge in [0.1, 0.15) is 5.82 Å². The van der Waals surface area contributed by atoms with E-state index in [1.807, 2.05) is 19.1 Å². The molecule has 20 heavy (non-hydrogen) atoms. The second-order valence-electron chi connectivity index (χ2n) is 5.28. The number of halogens is 1. The lowest BCUT2D eigenvalue weighted by atomic mass is 10.00. The van der Waals surface area contributed by atoms with E-state index in [1.165, 1.54) is 17.2 Å². The van der Waals surface area contributed by atoms with Crippen LogP contribution < -0.4 is 5.32 Å². The molecule has 1 N–H and O–H groups in total. The molecule has 106 valence electrons. The standard InChI is InChI=1S/C18H22FN/c1-4-18(15-11-9-13(2)10-12-15)20-14(3)16-7-5-6-8-17(16)19/h5-12,14,18,20H,4H2,1-3H3/t14-,18?/m1/s1. The largest absolute Gasteiger partial charge is 0.303 e. The van der Waals surface area contributed by atoms with Crippen LogP contribution in [0, 0.1) is 12.7 Å². The minimum absolute atomic E-state index is 0.0116. The SMILES string of the molecule is CCC(N[C@H](C)c1ccccc1F)c1ccc(C)cc1. The molecule has 0 amide bonds. The first-order valence-corrected chi connectivity index (χ1v) is 7.19. The Morgan fingerprint density at radius 3 is 2.30 bits per heavy atom. The summed E-state index contributed by atoms with van der Waals surface area (Å²) in [7, 11) is 0. The molecule has 0 saturated carbocycles. The molecule has 0 aliphatic heterocycles. The Morgan fingerprint density at radius 1 is 1.05 bits per heavy atom. The molecule has 2 atom stereocenters. The monoisotopic (exact) mass is 271 g/mol. The fourth-order valence-corrected chi connectivity index (χ4v) is 2.47. The van der Waals surface area contributed by atoms with E-state index in [1.54, 1.807) is 6.07 Å². The highest BCUT2D eigenvalue weighted by atomic mass is 19.1. The predicted molar refractivity (Wildman–Crippen MR) is 82.2 cm³/mol. The lowest BCUT2D eigenvalue weighted by Gasteiger charge is -2.23. The average molecular weight is 271 g/mol. The summed E-state index contributed by atoms with van der Waals surface area (Å²) in [6, 6.07) is 15.7. The Hall–Kier alpha value is -1.67. The quantitative estimate of drug-likeness (QED) is 0.812. The second-order valence-corrected chi connectivity index (χ2v) is 5.28. The molecule has 0 aliphatic carbocycles. The van der Waals surface area contributed by atoms with Crippen LogP contribution in [0.4, 0.5) is 4.39 Å². The van der Waals surface area contributed by atoms with Gasteiger partial charge in [-0.05, 0) is 31.9 Å². The zero-order chi connectivity index (χ0) is 14.5. The summed E-state index contributed by atoms with van der Waals surface area (Å²) in [5, 5.41) is 3.52. The first kappa shape index (κ1) is 14.7. The van der Waals surface area contributed by atoms with Crippen molar-refractivity contribution in [1.29, 1.82) is 0 Å². The molecule has 0 aliphatic rings. The molecular weight excluding hydrogens is 249 g/mol. The van der Waals surface area contributed by atoms with Gasteiger partial charge >= 0.3 is 0 Å². The van der Waals surface area contributed by atoms with Gasteiger partial charge in [0, 0.05) is 17.6 Å². The van der Waals surface area contributed by atoms with Crippen LogP contribution in [0.25, 0.3) is 0 Å². The number of aryl methyl sites for hydroxylation is 1. The van der Waals surface area contributed by atoms with Gasteiger partial charge in [0.2, 0.25) is 0 Å². The third-order valence-electron chi connectivity index (χ3n) is 3.71. The molecule has 0 fully saturated rings. The lowest BCUT2D eigenvalue weighted by Crippen LogP contribution is -2.24. The van der Waals surface area contributed by atoms with E-state index in [2.05, 4.69) is 43.4 Å². The van der Waals surface area contributed by atoms with Crippen LogP contribution in [-0.4, -0.2) is 0 Å². The number of hydrogen-bond donors (Lipinski definition) is 1. The highest BCUT2D eigenvalue weighted by molar-refractivity contribution is 5.25. The van der Waals surface area contributed by atoms with Crippen molar-refractivity contribution in [1.82, 2.24) is 5.32 Å². The molecule has 0 bridgehead atoms. The van der Waals surface area contributed by atoms with Crippen LogP contribution >= 0.6 is 0 Å². The van der Waals surface area contributed by atoms with Crippen LogP contribution in [0.1, 0.15) is 49.0 Å². The second kappa shape index (κ2) is 6.67. The smallest absolute Gasteiger partial charge is 0.127 e. The summed E-state index contributed by atoms with van der Waals surface area (Å²) in [4.78, 5) is 0. The van der Waals surface area contributed by atoms with Gasteiger partial charge in [-0.1, -0.05) is 55.0 Å². The van der Waals surface area contributed by atoms with Gasteiger partial charge in [-0.25, -0.2) is 4.39 Å². The lowest BCUT2D eigenvalue weighted by molar-refractivity contribution is 0.443. The summed E-state index contributed by atoms with van der Waals surface area (Å²) >= 11 is 0. The van der Waals surface area contributed by atoms with Gasteiger partial charge in [0.25, 0.3) is 0 Å². The van der Waals surface area contributed by atoms with Crippen molar-refractivity contribution in [3.05, 3.63) is 71.0 Å². The number of nitrogens with one attached hydrogen (secondary N) is 1. The zero-order valence-corrected chi connectivity index (χ0v) is 12.4. The van der Waals surface area contributed by atoms with Gasteiger partial charge in [-0.3, -0.25) is 0 Å². The van der Waals surface area contributed by atoms with Crippen molar-refractivity contribution in [2.75, 3.05) is 0 Å².